The Morgan fingerprint density at radius 1 is 1.38 bits per heavy atom. The molecule has 0 radical (unpaired) electrons. The fourth-order valence-electron chi connectivity index (χ4n) is 0. The smallest absolute Gasteiger partial charge is 0.559 e. The van der Waals surface area contributed by atoms with Crippen molar-refractivity contribution in [1.82, 2.24) is 0 Å². The van der Waals surface area contributed by atoms with E-state index in [2.05, 4.69) is 0 Å². The molecule has 0 spiro atoms. The Morgan fingerprint density at radius 2 is 1.50 bits per heavy atom. The first kappa shape index (κ1) is 11.2. The molecule has 8 heavy (non-hydrogen) atoms. The summed E-state index contributed by atoms with van der Waals surface area (Å²) in [6.45, 7) is 0. The average Bonchev–Trinajstić information content (AvgIpc) is 1.31. The molecule has 0 aromatic rings. The van der Waals surface area contributed by atoms with E-state index in [0.29, 0.717) is 0 Å². The van der Waals surface area contributed by atoms with Crippen LogP contribution in [0.5, 0.6) is 0 Å². The van der Waals surface area contributed by atoms with Gasteiger partial charge in [-0.15, -0.1) is 0 Å². The molecule has 0 saturated carbocycles. The van der Waals surface area contributed by atoms with Crippen molar-refractivity contribution in [2.24, 2.45) is 0 Å². The van der Waals surface area contributed by atoms with Gasteiger partial charge in [0.05, 0.1) is 0 Å². The Morgan fingerprint density at radius 3 is 1.50 bits per heavy atom. The summed E-state index contributed by atoms with van der Waals surface area (Å²) < 4.78 is 40.0. The Bertz CT molecular complexity index is 142. The predicted octanol–water partition coefficient (Wildman–Crippen LogP) is -2.41. The minimum atomic E-state index is -4.82. The Hall–Kier alpha value is 0.367. The number of sulfonamides is 1. The van der Waals surface area contributed by atoms with Gasteiger partial charge in [0.25, 0.3) is 0 Å². The van der Waals surface area contributed by atoms with Crippen molar-refractivity contribution in [1.29, 1.82) is 0 Å². The summed E-state index contributed by atoms with van der Waals surface area (Å²) in [6.07, 6.45) is 0. The van der Waals surface area contributed by atoms with E-state index in [1.54, 1.807) is 0 Å². The maximum absolute atomic E-state index is 10.8. The molecule has 44 valence electrons. The number of rotatable bonds is 1. The molecule has 0 amide bonds. The Balaban J connectivity index is 0. The summed E-state index contributed by atoms with van der Waals surface area (Å²) in [5.41, 5.74) is 0. The third-order valence-corrected chi connectivity index (χ3v) is 0.704. The number of nitrogens with one attached hydrogen (secondary N) is 1. The van der Waals surface area contributed by atoms with Crippen molar-refractivity contribution in [3.63, 3.8) is 0 Å². The molecule has 0 aromatic heterocycles. The third kappa shape index (κ3) is 4.52. The molecule has 3 nitrogen and oxygen atoms in total. The Labute approximate surface area is 57.5 Å². The van der Waals surface area contributed by atoms with Crippen molar-refractivity contribution in [2.75, 3.05) is 0 Å². The molecule has 0 fully saturated rings. The van der Waals surface area contributed by atoms with Gasteiger partial charge < -0.3 is 5.14 Å². The van der Waals surface area contributed by atoms with Gasteiger partial charge in [-0.3, -0.25) is 0 Å². The summed E-state index contributed by atoms with van der Waals surface area (Å²) in [5.74, 6) is -3.56. The second-order valence-corrected chi connectivity index (χ2v) is 2.25. The zero-order valence-corrected chi connectivity index (χ0v) is 4.87. The molecule has 1 N–H and O–H groups in total. The SMILES string of the molecule is [Li+].[NH-]S(=O)(=O)C(F)F. The van der Waals surface area contributed by atoms with Gasteiger partial charge in [0.15, 0.2) is 0 Å². The maximum Gasteiger partial charge on any atom is 1.00 e. The van der Waals surface area contributed by atoms with E-state index in [4.69, 9.17) is 5.14 Å². The van der Waals surface area contributed by atoms with E-state index in [9.17, 15) is 17.2 Å². The molecule has 0 rings (SSSR count). The van der Waals surface area contributed by atoms with E-state index in [0.717, 1.165) is 0 Å². The molecule has 0 atom stereocenters. The van der Waals surface area contributed by atoms with E-state index in [1.807, 2.05) is 0 Å². The summed E-state index contributed by atoms with van der Waals surface area (Å²) in [4.78, 5) is 0. The van der Waals surface area contributed by atoms with Crippen molar-refractivity contribution >= 4 is 10.0 Å². The van der Waals surface area contributed by atoms with Gasteiger partial charge in [-0.25, -0.2) is 8.42 Å². The van der Waals surface area contributed by atoms with Crippen LogP contribution in [0.4, 0.5) is 8.78 Å². The molecule has 7 heteroatoms. The van der Waals surface area contributed by atoms with Crippen LogP contribution in [0.2, 0.25) is 0 Å². The summed E-state index contributed by atoms with van der Waals surface area (Å²) in [5, 5.41) is 5.61. The van der Waals surface area contributed by atoms with Crippen molar-refractivity contribution in [2.45, 2.75) is 5.76 Å². The largest absolute Gasteiger partial charge is 1.00 e. The minimum Gasteiger partial charge on any atom is -0.559 e. The summed E-state index contributed by atoms with van der Waals surface area (Å²) in [6, 6.07) is 0. The number of hydrogen-bond donors (Lipinski definition) is 0. The summed E-state index contributed by atoms with van der Waals surface area (Å²) in [7, 11) is -4.82. The molecule has 0 aliphatic rings. The van der Waals surface area contributed by atoms with Crippen LogP contribution in [-0.4, -0.2) is 14.2 Å². The zero-order valence-electron chi connectivity index (χ0n) is 4.06. The second-order valence-electron chi connectivity index (χ2n) is 0.806. The van der Waals surface area contributed by atoms with Crippen LogP contribution in [0.25, 0.3) is 5.14 Å². The first-order chi connectivity index (χ1) is 2.94. The van der Waals surface area contributed by atoms with Crippen LogP contribution in [0.1, 0.15) is 0 Å². The van der Waals surface area contributed by atoms with Gasteiger partial charge in [0, 0.05) is 0 Å². The van der Waals surface area contributed by atoms with E-state index in [-0.39, 0.29) is 18.9 Å². The topological polar surface area (TPSA) is 57.9 Å². The number of hydrogen-bond acceptors (Lipinski definition) is 2. The molecule has 0 heterocycles. The van der Waals surface area contributed by atoms with Crippen molar-refractivity contribution in [3.8, 4) is 0 Å². The average molecular weight is 137 g/mol. The van der Waals surface area contributed by atoms with Crippen LogP contribution in [0.15, 0.2) is 0 Å². The van der Waals surface area contributed by atoms with Crippen LogP contribution < -0.4 is 18.9 Å². The van der Waals surface area contributed by atoms with Crippen LogP contribution in [0, 0.1) is 0 Å². The van der Waals surface area contributed by atoms with E-state index >= 15 is 0 Å². The predicted molar refractivity (Wildman–Crippen MR) is 19.2 cm³/mol. The van der Waals surface area contributed by atoms with Gasteiger partial charge in [-0.2, -0.15) is 8.78 Å². The number of alkyl halides is 2. The van der Waals surface area contributed by atoms with E-state index in [1.165, 1.54) is 0 Å². The fourth-order valence-corrected chi connectivity index (χ4v) is 0. The van der Waals surface area contributed by atoms with Crippen LogP contribution in [0.3, 0.4) is 0 Å². The van der Waals surface area contributed by atoms with Gasteiger partial charge in [0.1, 0.15) is 10.0 Å². The van der Waals surface area contributed by atoms with Crippen molar-refractivity contribution in [3.05, 3.63) is 5.14 Å². The van der Waals surface area contributed by atoms with Crippen molar-refractivity contribution < 1.29 is 36.1 Å². The van der Waals surface area contributed by atoms with Crippen LogP contribution in [-0.2, 0) is 10.0 Å². The molecule has 0 aromatic carbocycles. The molecule has 0 bridgehead atoms. The monoisotopic (exact) mass is 137 g/mol. The summed E-state index contributed by atoms with van der Waals surface area (Å²) >= 11 is 0. The van der Waals surface area contributed by atoms with Gasteiger partial charge in [-0.05, 0) is 0 Å². The quantitative estimate of drug-likeness (QED) is 0.378. The standard InChI is InChI=1S/CH2F2NO2S.Li/c2-1(3)7(4,5)6;/h1H,(H-,4,5,6);/q-1;+1. The van der Waals surface area contributed by atoms with Gasteiger partial charge >= 0.3 is 24.6 Å². The first-order valence-electron chi connectivity index (χ1n) is 1.21. The second kappa shape index (κ2) is 3.40. The molecule has 0 aliphatic carbocycles. The number of halogens is 2. The molecular weight excluding hydrogens is 135 g/mol. The molecular formula is CH2F2LiNO2S. The fraction of sp³-hybridized carbons (Fsp3) is 1.00. The molecule has 0 unspecified atom stereocenters. The Kier molecular flexibility index (Phi) is 4.77. The third-order valence-electron chi connectivity index (χ3n) is 0.235. The molecule has 0 aliphatic heterocycles. The zero-order chi connectivity index (χ0) is 6.08. The minimum absolute atomic E-state index is 0. The maximum atomic E-state index is 10.8. The van der Waals surface area contributed by atoms with Crippen LogP contribution >= 0.6 is 0 Å². The molecule has 0 saturated heterocycles. The van der Waals surface area contributed by atoms with E-state index < -0.39 is 15.8 Å². The first-order valence-corrected chi connectivity index (χ1v) is 2.76. The van der Waals surface area contributed by atoms with Gasteiger partial charge in [0.2, 0.25) is 0 Å². The van der Waals surface area contributed by atoms with Gasteiger partial charge in [-0.1, -0.05) is 0 Å². The normalized spacial score (nSPS) is 11.0.